The van der Waals surface area contributed by atoms with Gasteiger partial charge in [-0.15, -0.1) is 0 Å². The normalized spacial score (nSPS) is 10.8. The van der Waals surface area contributed by atoms with E-state index >= 15 is 0 Å². The second-order valence-electron chi connectivity index (χ2n) is 6.28. The molecule has 1 N–H and O–H groups in total. The lowest BCUT2D eigenvalue weighted by molar-refractivity contribution is 0.102. The lowest BCUT2D eigenvalue weighted by Crippen LogP contribution is -2.12. The SMILES string of the molecule is Cc1nn(-c2ccc(C(=O)Nc3ccc(-n4cncn4)cc3)cc2)c(C)c1Cl. The van der Waals surface area contributed by atoms with E-state index in [2.05, 4.69) is 20.5 Å². The minimum absolute atomic E-state index is 0.188. The van der Waals surface area contributed by atoms with Crippen molar-refractivity contribution >= 4 is 23.2 Å². The van der Waals surface area contributed by atoms with Gasteiger partial charge in [0.2, 0.25) is 0 Å². The first-order valence-corrected chi connectivity index (χ1v) is 8.99. The number of aromatic nitrogens is 5. The van der Waals surface area contributed by atoms with E-state index in [-0.39, 0.29) is 5.91 Å². The van der Waals surface area contributed by atoms with Crippen molar-refractivity contribution in [2.45, 2.75) is 13.8 Å². The smallest absolute Gasteiger partial charge is 0.255 e. The van der Waals surface area contributed by atoms with Gasteiger partial charge in [-0.2, -0.15) is 10.2 Å². The minimum Gasteiger partial charge on any atom is -0.322 e. The zero-order valence-corrected chi connectivity index (χ0v) is 16.1. The van der Waals surface area contributed by atoms with Crippen LogP contribution >= 0.6 is 11.6 Å². The number of hydrogen-bond acceptors (Lipinski definition) is 4. The number of anilines is 1. The van der Waals surface area contributed by atoms with Crippen LogP contribution in [0.5, 0.6) is 0 Å². The average molecular weight is 393 g/mol. The van der Waals surface area contributed by atoms with Crippen LogP contribution in [0.3, 0.4) is 0 Å². The summed E-state index contributed by atoms with van der Waals surface area (Å²) in [5, 5.41) is 12.0. The molecule has 0 saturated carbocycles. The van der Waals surface area contributed by atoms with Crippen molar-refractivity contribution in [1.82, 2.24) is 24.5 Å². The molecule has 0 unspecified atom stereocenters. The zero-order chi connectivity index (χ0) is 19.7. The Morgan fingerprint density at radius 2 is 1.68 bits per heavy atom. The Kier molecular flexibility index (Phi) is 4.67. The van der Waals surface area contributed by atoms with Crippen molar-refractivity contribution < 1.29 is 4.79 Å². The van der Waals surface area contributed by atoms with Crippen LogP contribution in [0.1, 0.15) is 21.7 Å². The van der Waals surface area contributed by atoms with Crippen molar-refractivity contribution in [2.24, 2.45) is 0 Å². The van der Waals surface area contributed by atoms with E-state index in [4.69, 9.17) is 11.6 Å². The number of carbonyl (C=O) groups is 1. The van der Waals surface area contributed by atoms with Crippen LogP contribution in [0.15, 0.2) is 61.2 Å². The topological polar surface area (TPSA) is 77.6 Å². The van der Waals surface area contributed by atoms with Gasteiger partial charge in [0, 0.05) is 11.3 Å². The molecule has 8 heteroatoms. The maximum absolute atomic E-state index is 12.5. The Labute approximate surface area is 166 Å². The van der Waals surface area contributed by atoms with E-state index in [1.54, 1.807) is 27.8 Å². The van der Waals surface area contributed by atoms with Crippen molar-refractivity contribution in [3.05, 3.63) is 83.2 Å². The Hall–Kier alpha value is -3.45. The lowest BCUT2D eigenvalue weighted by atomic mass is 10.2. The molecule has 4 rings (SSSR count). The van der Waals surface area contributed by atoms with Crippen molar-refractivity contribution in [3.8, 4) is 11.4 Å². The van der Waals surface area contributed by atoms with Crippen LogP contribution in [0.4, 0.5) is 5.69 Å². The second-order valence-corrected chi connectivity index (χ2v) is 6.66. The van der Waals surface area contributed by atoms with Gasteiger partial charge in [0.15, 0.2) is 0 Å². The Bertz CT molecular complexity index is 1110. The molecule has 0 aliphatic rings. The molecule has 0 aliphatic carbocycles. The molecule has 0 atom stereocenters. The fourth-order valence-corrected chi connectivity index (χ4v) is 2.99. The molecule has 1 amide bonds. The van der Waals surface area contributed by atoms with Gasteiger partial charge < -0.3 is 5.32 Å². The molecule has 0 saturated heterocycles. The maximum Gasteiger partial charge on any atom is 0.255 e. The Morgan fingerprint density at radius 3 is 2.25 bits per heavy atom. The minimum atomic E-state index is -0.188. The zero-order valence-electron chi connectivity index (χ0n) is 15.3. The quantitative estimate of drug-likeness (QED) is 0.570. The fraction of sp³-hybridized carbons (Fsp3) is 0.100. The molecule has 28 heavy (non-hydrogen) atoms. The number of nitrogens with zero attached hydrogens (tertiary/aromatic N) is 5. The summed E-state index contributed by atoms with van der Waals surface area (Å²) in [4.78, 5) is 16.4. The van der Waals surface area contributed by atoms with Crippen LogP contribution in [-0.2, 0) is 0 Å². The largest absolute Gasteiger partial charge is 0.322 e. The van der Waals surface area contributed by atoms with Gasteiger partial charge in [-0.1, -0.05) is 11.6 Å². The molecule has 7 nitrogen and oxygen atoms in total. The first-order valence-electron chi connectivity index (χ1n) is 8.61. The highest BCUT2D eigenvalue weighted by molar-refractivity contribution is 6.31. The van der Waals surface area contributed by atoms with Crippen LogP contribution in [0.25, 0.3) is 11.4 Å². The highest BCUT2D eigenvalue weighted by Gasteiger charge is 2.12. The number of carbonyl (C=O) groups excluding carboxylic acids is 1. The van der Waals surface area contributed by atoms with Crippen molar-refractivity contribution in [3.63, 3.8) is 0 Å². The number of rotatable bonds is 4. The summed E-state index contributed by atoms with van der Waals surface area (Å²) >= 11 is 6.21. The summed E-state index contributed by atoms with van der Waals surface area (Å²) in [5.41, 5.74) is 4.60. The van der Waals surface area contributed by atoms with Gasteiger partial charge in [-0.3, -0.25) is 4.79 Å². The molecule has 0 spiro atoms. The predicted molar refractivity (Wildman–Crippen MR) is 107 cm³/mol. The summed E-state index contributed by atoms with van der Waals surface area (Å²) in [7, 11) is 0. The van der Waals surface area contributed by atoms with Crippen molar-refractivity contribution in [1.29, 1.82) is 0 Å². The Morgan fingerprint density at radius 1 is 1.00 bits per heavy atom. The van der Waals surface area contributed by atoms with Crippen molar-refractivity contribution in [2.75, 3.05) is 5.32 Å². The van der Waals surface area contributed by atoms with Gasteiger partial charge >= 0.3 is 0 Å². The van der Waals surface area contributed by atoms with Gasteiger partial charge in [0.25, 0.3) is 5.91 Å². The monoisotopic (exact) mass is 392 g/mol. The third-order valence-corrected chi connectivity index (χ3v) is 4.93. The highest BCUT2D eigenvalue weighted by atomic mass is 35.5. The number of nitrogens with one attached hydrogen (secondary N) is 1. The van der Waals surface area contributed by atoms with E-state index in [0.717, 1.165) is 22.8 Å². The number of halogens is 1. The molecule has 0 aliphatic heterocycles. The summed E-state index contributed by atoms with van der Waals surface area (Å²) < 4.78 is 3.41. The van der Waals surface area contributed by atoms with Crippen LogP contribution in [-0.4, -0.2) is 30.5 Å². The van der Waals surface area contributed by atoms with Crippen LogP contribution in [0.2, 0.25) is 5.02 Å². The summed E-state index contributed by atoms with van der Waals surface area (Å²) in [6.45, 7) is 3.77. The molecule has 0 bridgehead atoms. The fourth-order valence-electron chi connectivity index (χ4n) is 2.87. The van der Waals surface area contributed by atoms with Crippen LogP contribution in [0, 0.1) is 13.8 Å². The molecular weight excluding hydrogens is 376 g/mol. The van der Waals surface area contributed by atoms with Gasteiger partial charge in [-0.25, -0.2) is 14.3 Å². The van der Waals surface area contributed by atoms with E-state index in [0.29, 0.717) is 16.3 Å². The van der Waals surface area contributed by atoms with Gasteiger partial charge in [-0.05, 0) is 62.4 Å². The lowest BCUT2D eigenvalue weighted by Gasteiger charge is -2.08. The maximum atomic E-state index is 12.5. The van der Waals surface area contributed by atoms with Crippen LogP contribution < -0.4 is 5.32 Å². The van der Waals surface area contributed by atoms with E-state index in [9.17, 15) is 4.79 Å². The number of benzene rings is 2. The second kappa shape index (κ2) is 7.28. The van der Waals surface area contributed by atoms with E-state index < -0.39 is 0 Å². The first kappa shape index (κ1) is 17.9. The van der Waals surface area contributed by atoms with Gasteiger partial charge in [0.05, 0.1) is 27.8 Å². The molecule has 0 radical (unpaired) electrons. The predicted octanol–water partition coefficient (Wildman–Crippen LogP) is 3.98. The molecule has 4 aromatic rings. The molecular formula is C20H17ClN6O. The molecule has 2 heterocycles. The number of amides is 1. The summed E-state index contributed by atoms with van der Waals surface area (Å²) in [5.74, 6) is -0.188. The van der Waals surface area contributed by atoms with E-state index in [1.165, 1.54) is 6.33 Å². The highest BCUT2D eigenvalue weighted by Crippen LogP contribution is 2.22. The van der Waals surface area contributed by atoms with E-state index in [1.807, 2.05) is 50.2 Å². The number of aryl methyl sites for hydroxylation is 1. The molecule has 2 aromatic carbocycles. The molecule has 140 valence electrons. The first-order chi connectivity index (χ1) is 13.5. The average Bonchev–Trinajstić information content (AvgIpc) is 3.34. The summed E-state index contributed by atoms with van der Waals surface area (Å²) in [6, 6.07) is 14.6. The Balaban J connectivity index is 1.48. The third kappa shape index (κ3) is 3.39. The molecule has 2 aromatic heterocycles. The van der Waals surface area contributed by atoms with Gasteiger partial charge in [0.1, 0.15) is 12.7 Å². The third-order valence-electron chi connectivity index (χ3n) is 4.39. The summed E-state index contributed by atoms with van der Waals surface area (Å²) in [6.07, 6.45) is 3.09. The standard InChI is InChI=1S/C20H17ClN6O/c1-13-19(21)14(2)27(25-13)18-7-3-15(4-8-18)20(28)24-16-5-9-17(10-6-16)26-12-22-11-23-26/h3-12H,1-2H3,(H,24,28). The molecule has 0 fully saturated rings. The number of hydrogen-bond donors (Lipinski definition) is 1.